The molecule has 3 aromatic carbocycles. The van der Waals surface area contributed by atoms with E-state index in [1.54, 1.807) is 30.6 Å². The maximum Gasteiger partial charge on any atom is 0.261 e. The lowest BCUT2D eigenvalue weighted by Gasteiger charge is -2.14. The molecule has 0 aliphatic carbocycles. The monoisotopic (exact) mass is 471 g/mol. The van der Waals surface area contributed by atoms with Gasteiger partial charge in [-0.3, -0.25) is 14.5 Å². The van der Waals surface area contributed by atoms with E-state index in [2.05, 4.69) is 15.0 Å². The zero-order valence-electron chi connectivity index (χ0n) is 15.8. The second-order valence-corrected chi connectivity index (χ2v) is 9.16. The Kier molecular flexibility index (Phi) is 5.82. The average Bonchev–Trinajstić information content (AvgIpc) is 2.75. The van der Waals surface area contributed by atoms with Crippen molar-refractivity contribution in [3.8, 4) is 0 Å². The van der Waals surface area contributed by atoms with E-state index in [1.165, 1.54) is 42.5 Å². The highest BCUT2D eigenvalue weighted by molar-refractivity contribution is 7.92. The van der Waals surface area contributed by atoms with Crippen molar-refractivity contribution in [1.82, 2.24) is 4.98 Å². The molecular weight excluding hydrogens is 457 g/mol. The van der Waals surface area contributed by atoms with Gasteiger partial charge in [-0.25, -0.2) is 8.42 Å². The predicted octanol–water partition coefficient (Wildman–Crippen LogP) is 5.59. The van der Waals surface area contributed by atoms with Gasteiger partial charge < -0.3 is 5.32 Å². The van der Waals surface area contributed by atoms with Crippen molar-refractivity contribution in [3.63, 3.8) is 0 Å². The minimum absolute atomic E-state index is 0.0137. The molecule has 0 saturated carbocycles. The lowest BCUT2D eigenvalue weighted by molar-refractivity contribution is 0.102. The Morgan fingerprint density at radius 2 is 1.61 bits per heavy atom. The van der Waals surface area contributed by atoms with Gasteiger partial charge in [-0.1, -0.05) is 35.3 Å². The number of aromatic nitrogens is 1. The van der Waals surface area contributed by atoms with Gasteiger partial charge in [0.1, 0.15) is 0 Å². The molecule has 4 rings (SSSR count). The fourth-order valence-corrected chi connectivity index (χ4v) is 4.41. The lowest BCUT2D eigenvalue weighted by atomic mass is 10.1. The van der Waals surface area contributed by atoms with E-state index in [4.69, 9.17) is 23.2 Å². The number of benzene rings is 3. The first-order chi connectivity index (χ1) is 14.8. The molecule has 0 aliphatic rings. The molecule has 0 bridgehead atoms. The molecule has 6 nitrogen and oxygen atoms in total. The minimum atomic E-state index is -3.95. The van der Waals surface area contributed by atoms with Crippen molar-refractivity contribution < 1.29 is 13.2 Å². The summed E-state index contributed by atoms with van der Waals surface area (Å²) in [5, 5.41) is 5.19. The summed E-state index contributed by atoms with van der Waals surface area (Å²) in [7, 11) is -3.95. The highest BCUT2D eigenvalue weighted by Crippen LogP contribution is 2.27. The number of nitrogens with zero attached hydrogens (tertiary/aromatic N) is 1. The van der Waals surface area contributed by atoms with E-state index in [1.807, 2.05) is 6.07 Å². The van der Waals surface area contributed by atoms with Crippen LogP contribution in [0.2, 0.25) is 10.0 Å². The molecule has 1 amide bonds. The Labute approximate surface area is 188 Å². The molecular formula is C22H15Cl2N3O3S. The number of halogens is 2. The fraction of sp³-hybridized carbons (Fsp3) is 0. The van der Waals surface area contributed by atoms with E-state index in [-0.39, 0.29) is 16.1 Å². The van der Waals surface area contributed by atoms with Crippen LogP contribution in [0.4, 0.5) is 11.4 Å². The van der Waals surface area contributed by atoms with E-state index < -0.39 is 15.9 Å². The standard InChI is InChI=1S/C22H15Cl2N3O3S/c23-15-4-7-17(8-5-15)31(29,30)27-21-9-6-16(24)12-19(21)22(28)26-20-3-1-2-14-13-25-11-10-18(14)20/h1-13,27H,(H,26,28). The zero-order chi connectivity index (χ0) is 22.0. The van der Waals surface area contributed by atoms with Crippen LogP contribution >= 0.6 is 23.2 Å². The Balaban J connectivity index is 1.68. The van der Waals surface area contributed by atoms with Crippen LogP contribution in [0.25, 0.3) is 10.8 Å². The van der Waals surface area contributed by atoms with Crippen LogP contribution in [0.3, 0.4) is 0 Å². The van der Waals surface area contributed by atoms with Crippen LogP contribution in [0.5, 0.6) is 0 Å². The van der Waals surface area contributed by atoms with Gasteiger partial charge in [-0.2, -0.15) is 0 Å². The zero-order valence-corrected chi connectivity index (χ0v) is 18.2. The molecule has 0 atom stereocenters. The van der Waals surface area contributed by atoms with Crippen molar-refractivity contribution >= 4 is 61.3 Å². The summed E-state index contributed by atoms with van der Waals surface area (Å²) in [6.07, 6.45) is 3.32. The smallest absolute Gasteiger partial charge is 0.261 e. The molecule has 2 N–H and O–H groups in total. The number of pyridine rings is 1. The number of carbonyl (C=O) groups excluding carboxylic acids is 1. The summed E-state index contributed by atoms with van der Waals surface area (Å²) in [5.74, 6) is -0.513. The van der Waals surface area contributed by atoms with Crippen LogP contribution < -0.4 is 10.0 Å². The minimum Gasteiger partial charge on any atom is -0.321 e. The van der Waals surface area contributed by atoms with Crippen LogP contribution in [0.15, 0.2) is 84.0 Å². The number of carbonyl (C=O) groups is 1. The number of hydrogen-bond acceptors (Lipinski definition) is 4. The average molecular weight is 472 g/mol. The Hall–Kier alpha value is -3.13. The van der Waals surface area contributed by atoms with Gasteiger partial charge in [0.2, 0.25) is 0 Å². The fourth-order valence-electron chi connectivity index (χ4n) is 3.03. The Bertz CT molecular complexity index is 1390. The first-order valence-electron chi connectivity index (χ1n) is 9.05. The molecule has 1 aromatic heterocycles. The third kappa shape index (κ3) is 4.64. The molecule has 0 spiro atoms. The van der Waals surface area contributed by atoms with Crippen molar-refractivity contribution in [2.45, 2.75) is 4.90 Å². The Morgan fingerprint density at radius 1 is 0.871 bits per heavy atom. The lowest BCUT2D eigenvalue weighted by Crippen LogP contribution is -2.18. The van der Waals surface area contributed by atoms with Crippen molar-refractivity contribution in [2.24, 2.45) is 0 Å². The van der Waals surface area contributed by atoms with Gasteiger partial charge in [0.15, 0.2) is 0 Å². The molecule has 0 saturated heterocycles. The third-order valence-corrected chi connectivity index (χ3v) is 6.39. The molecule has 0 aliphatic heterocycles. The number of fused-ring (bicyclic) bond motifs is 1. The van der Waals surface area contributed by atoms with E-state index in [0.717, 1.165) is 10.8 Å². The number of hydrogen-bond donors (Lipinski definition) is 2. The summed E-state index contributed by atoms with van der Waals surface area (Å²) in [5.41, 5.74) is 0.742. The first kappa shape index (κ1) is 21.1. The number of rotatable bonds is 5. The van der Waals surface area contributed by atoms with E-state index in [9.17, 15) is 13.2 Å². The molecule has 9 heteroatoms. The van der Waals surface area contributed by atoms with Crippen LogP contribution in [-0.2, 0) is 10.0 Å². The number of nitrogens with one attached hydrogen (secondary N) is 2. The maximum atomic E-state index is 13.1. The van der Waals surface area contributed by atoms with Gasteiger partial charge >= 0.3 is 0 Å². The second-order valence-electron chi connectivity index (χ2n) is 6.61. The quantitative estimate of drug-likeness (QED) is 0.396. The van der Waals surface area contributed by atoms with Gasteiger partial charge in [0.05, 0.1) is 16.1 Å². The van der Waals surface area contributed by atoms with Crippen molar-refractivity contribution in [2.75, 3.05) is 10.0 Å². The molecule has 0 radical (unpaired) electrons. The highest BCUT2D eigenvalue weighted by atomic mass is 35.5. The number of sulfonamides is 1. The molecule has 31 heavy (non-hydrogen) atoms. The summed E-state index contributed by atoms with van der Waals surface area (Å²) in [6, 6.07) is 17.3. The number of amides is 1. The molecule has 156 valence electrons. The summed E-state index contributed by atoms with van der Waals surface area (Å²) in [4.78, 5) is 17.2. The SMILES string of the molecule is O=C(Nc1cccc2cnccc12)c1cc(Cl)ccc1NS(=O)(=O)c1ccc(Cl)cc1. The van der Waals surface area contributed by atoms with Gasteiger partial charge in [-0.15, -0.1) is 0 Å². The number of anilines is 2. The summed E-state index contributed by atoms with van der Waals surface area (Å²) in [6.45, 7) is 0. The van der Waals surface area contributed by atoms with E-state index >= 15 is 0 Å². The van der Waals surface area contributed by atoms with E-state index in [0.29, 0.717) is 15.7 Å². The topological polar surface area (TPSA) is 88.2 Å². The molecule has 0 fully saturated rings. The second kappa shape index (κ2) is 8.55. The van der Waals surface area contributed by atoms with Crippen LogP contribution in [0.1, 0.15) is 10.4 Å². The normalized spacial score (nSPS) is 11.3. The summed E-state index contributed by atoms with van der Waals surface area (Å²) >= 11 is 11.9. The van der Waals surface area contributed by atoms with Crippen molar-refractivity contribution in [3.05, 3.63) is 94.7 Å². The first-order valence-corrected chi connectivity index (χ1v) is 11.3. The summed E-state index contributed by atoms with van der Waals surface area (Å²) < 4.78 is 28.0. The predicted molar refractivity (Wildman–Crippen MR) is 123 cm³/mol. The van der Waals surface area contributed by atoms with Crippen molar-refractivity contribution in [1.29, 1.82) is 0 Å². The van der Waals surface area contributed by atoms with Crippen LogP contribution in [-0.4, -0.2) is 19.3 Å². The van der Waals surface area contributed by atoms with Gasteiger partial charge in [-0.05, 0) is 54.6 Å². The maximum absolute atomic E-state index is 13.1. The Morgan fingerprint density at radius 3 is 2.39 bits per heavy atom. The largest absolute Gasteiger partial charge is 0.321 e. The third-order valence-electron chi connectivity index (χ3n) is 4.52. The molecule has 4 aromatic rings. The van der Waals surface area contributed by atoms with Gasteiger partial charge in [0, 0.05) is 38.9 Å². The van der Waals surface area contributed by atoms with Gasteiger partial charge in [0.25, 0.3) is 15.9 Å². The van der Waals surface area contributed by atoms with Crippen LogP contribution in [0, 0.1) is 0 Å². The molecule has 1 heterocycles. The molecule has 0 unspecified atom stereocenters. The highest BCUT2D eigenvalue weighted by Gasteiger charge is 2.20.